The second-order valence-corrected chi connectivity index (χ2v) is 4.59. The zero-order chi connectivity index (χ0) is 13.0. The monoisotopic (exact) mass is 281 g/mol. The molecule has 18 heavy (non-hydrogen) atoms. The third kappa shape index (κ3) is 3.15. The third-order valence-electron chi connectivity index (χ3n) is 2.09. The van der Waals surface area contributed by atoms with Gasteiger partial charge in [0, 0.05) is 16.0 Å². The van der Waals surface area contributed by atoms with Crippen molar-refractivity contribution in [2.24, 2.45) is 0 Å². The molecule has 2 aromatic rings. The third-order valence-corrected chi connectivity index (χ3v) is 3.05. The highest BCUT2D eigenvalue weighted by molar-refractivity contribution is 7.95. The summed E-state index contributed by atoms with van der Waals surface area (Å²) in [5.41, 5.74) is -0.147. The number of nitro benzene ring substituents is 1. The van der Waals surface area contributed by atoms with E-state index in [0.29, 0.717) is 5.02 Å². The van der Waals surface area contributed by atoms with E-state index >= 15 is 0 Å². The smallest absolute Gasteiger partial charge is 0.313 e. The summed E-state index contributed by atoms with van der Waals surface area (Å²) in [7, 11) is 0. The minimum atomic E-state index is -0.521. The van der Waals surface area contributed by atoms with Crippen LogP contribution in [-0.4, -0.2) is 4.92 Å². The summed E-state index contributed by atoms with van der Waals surface area (Å²) in [6, 6.07) is 13.6. The molecule has 4 nitrogen and oxygen atoms in total. The van der Waals surface area contributed by atoms with Crippen LogP contribution in [0.5, 0.6) is 5.75 Å². The zero-order valence-corrected chi connectivity index (χ0v) is 10.6. The molecule has 0 unspecified atom stereocenters. The number of rotatable bonds is 4. The van der Waals surface area contributed by atoms with E-state index in [1.807, 2.05) is 30.3 Å². The minimum absolute atomic E-state index is 0.147. The van der Waals surface area contributed by atoms with Gasteiger partial charge in [-0.25, -0.2) is 0 Å². The Bertz CT molecular complexity index is 563. The number of hydrogen-bond acceptors (Lipinski definition) is 4. The first-order valence-electron chi connectivity index (χ1n) is 5.00. The van der Waals surface area contributed by atoms with Gasteiger partial charge in [-0.3, -0.25) is 10.1 Å². The van der Waals surface area contributed by atoms with Crippen LogP contribution in [0.4, 0.5) is 5.69 Å². The summed E-state index contributed by atoms with van der Waals surface area (Å²) in [5.74, 6) is 0.179. The lowest BCUT2D eigenvalue weighted by molar-refractivity contribution is -0.385. The van der Waals surface area contributed by atoms with Gasteiger partial charge in [0.15, 0.2) is 0 Å². The van der Waals surface area contributed by atoms with Gasteiger partial charge in [0.25, 0.3) is 0 Å². The van der Waals surface area contributed by atoms with E-state index in [-0.39, 0.29) is 11.4 Å². The highest BCUT2D eigenvalue weighted by Gasteiger charge is 2.16. The van der Waals surface area contributed by atoms with Crippen LogP contribution in [0.2, 0.25) is 5.02 Å². The molecule has 0 radical (unpaired) electrons. The van der Waals surface area contributed by atoms with Crippen LogP contribution in [0.15, 0.2) is 53.4 Å². The maximum Gasteiger partial charge on any atom is 0.313 e. The molecule has 2 rings (SSSR count). The van der Waals surface area contributed by atoms with Gasteiger partial charge in [0.05, 0.1) is 17.0 Å². The van der Waals surface area contributed by atoms with Crippen molar-refractivity contribution < 1.29 is 9.11 Å². The summed E-state index contributed by atoms with van der Waals surface area (Å²) < 4.78 is 5.36. The van der Waals surface area contributed by atoms with E-state index in [9.17, 15) is 10.1 Å². The lowest BCUT2D eigenvalue weighted by Gasteiger charge is -2.04. The number of nitrogens with zero attached hydrogens (tertiary/aromatic N) is 1. The molecule has 0 spiro atoms. The standard InChI is InChI=1S/C12H8ClNO3S/c13-9-6-7-12(11(8-9)14(15)16)17-18-10-4-2-1-3-5-10/h1-8H. The highest BCUT2D eigenvalue weighted by Crippen LogP contribution is 2.33. The van der Waals surface area contributed by atoms with Crippen molar-refractivity contribution in [1.29, 1.82) is 0 Å². The van der Waals surface area contributed by atoms with Crippen LogP contribution in [0.1, 0.15) is 0 Å². The van der Waals surface area contributed by atoms with Crippen LogP contribution in [0.3, 0.4) is 0 Å². The quantitative estimate of drug-likeness (QED) is 0.475. The summed E-state index contributed by atoms with van der Waals surface area (Å²) in [5, 5.41) is 11.1. The second kappa shape index (κ2) is 5.75. The molecule has 0 saturated carbocycles. The molecule has 0 aliphatic carbocycles. The second-order valence-electron chi connectivity index (χ2n) is 3.35. The van der Waals surface area contributed by atoms with E-state index in [1.165, 1.54) is 12.1 Å². The molecule has 0 bridgehead atoms. The molecule has 0 fully saturated rings. The summed E-state index contributed by atoms with van der Waals surface area (Å²) in [6.45, 7) is 0. The first-order valence-corrected chi connectivity index (χ1v) is 6.12. The fourth-order valence-corrected chi connectivity index (χ4v) is 2.03. The van der Waals surface area contributed by atoms with E-state index in [2.05, 4.69) is 0 Å². The average Bonchev–Trinajstić information content (AvgIpc) is 2.38. The van der Waals surface area contributed by atoms with Gasteiger partial charge in [-0.1, -0.05) is 29.8 Å². The Kier molecular flexibility index (Phi) is 4.07. The maximum absolute atomic E-state index is 10.8. The lowest BCUT2D eigenvalue weighted by atomic mass is 10.3. The fourth-order valence-electron chi connectivity index (χ4n) is 1.27. The van der Waals surface area contributed by atoms with Crippen molar-refractivity contribution in [3.05, 3.63) is 63.7 Å². The molecule has 0 N–H and O–H groups in total. The van der Waals surface area contributed by atoms with Gasteiger partial charge in [0.1, 0.15) is 0 Å². The molecule has 0 amide bonds. The molecule has 0 saturated heterocycles. The Hall–Kier alpha value is -1.72. The Balaban J connectivity index is 2.17. The molecule has 2 aromatic carbocycles. The van der Waals surface area contributed by atoms with E-state index < -0.39 is 4.92 Å². The lowest BCUT2D eigenvalue weighted by Crippen LogP contribution is -1.92. The van der Waals surface area contributed by atoms with Crippen LogP contribution in [0.25, 0.3) is 0 Å². The Labute approximate surface area is 113 Å². The van der Waals surface area contributed by atoms with E-state index in [4.69, 9.17) is 15.8 Å². The molecular formula is C12H8ClNO3S. The van der Waals surface area contributed by atoms with Crippen molar-refractivity contribution in [2.75, 3.05) is 0 Å². The van der Waals surface area contributed by atoms with E-state index in [0.717, 1.165) is 16.9 Å². The molecule has 0 atom stereocenters. The van der Waals surface area contributed by atoms with Gasteiger partial charge in [0.2, 0.25) is 5.75 Å². The van der Waals surface area contributed by atoms with Crippen LogP contribution in [0, 0.1) is 10.1 Å². The summed E-state index contributed by atoms with van der Waals surface area (Å²) >= 11 is 6.77. The predicted molar refractivity (Wildman–Crippen MR) is 71.0 cm³/mol. The normalized spacial score (nSPS) is 10.1. The minimum Gasteiger partial charge on any atom is -0.413 e. The molecule has 0 aliphatic heterocycles. The highest BCUT2D eigenvalue weighted by atomic mass is 35.5. The average molecular weight is 282 g/mol. The van der Waals surface area contributed by atoms with E-state index in [1.54, 1.807) is 6.07 Å². The number of nitro groups is 1. The van der Waals surface area contributed by atoms with Gasteiger partial charge >= 0.3 is 5.69 Å². The number of halogens is 1. The Morgan fingerprint density at radius 3 is 2.56 bits per heavy atom. The van der Waals surface area contributed by atoms with Crippen molar-refractivity contribution in [2.45, 2.75) is 4.90 Å². The van der Waals surface area contributed by atoms with Crippen LogP contribution < -0.4 is 4.18 Å². The Morgan fingerprint density at radius 1 is 1.17 bits per heavy atom. The molecule has 0 aliphatic rings. The Morgan fingerprint density at radius 2 is 1.89 bits per heavy atom. The largest absolute Gasteiger partial charge is 0.413 e. The van der Waals surface area contributed by atoms with Gasteiger partial charge in [-0.05, 0) is 24.3 Å². The topological polar surface area (TPSA) is 52.4 Å². The fraction of sp³-hybridized carbons (Fsp3) is 0. The van der Waals surface area contributed by atoms with Crippen molar-refractivity contribution >= 4 is 29.3 Å². The van der Waals surface area contributed by atoms with Gasteiger partial charge in [-0.2, -0.15) is 0 Å². The van der Waals surface area contributed by atoms with Gasteiger partial charge in [-0.15, -0.1) is 0 Å². The molecule has 0 aromatic heterocycles. The zero-order valence-electron chi connectivity index (χ0n) is 9.08. The van der Waals surface area contributed by atoms with Crippen molar-refractivity contribution in [1.82, 2.24) is 0 Å². The summed E-state index contributed by atoms with van der Waals surface area (Å²) in [6.07, 6.45) is 0. The molecule has 92 valence electrons. The van der Waals surface area contributed by atoms with Crippen LogP contribution >= 0.6 is 23.6 Å². The van der Waals surface area contributed by atoms with Crippen molar-refractivity contribution in [3.63, 3.8) is 0 Å². The molecule has 6 heteroatoms. The number of benzene rings is 2. The first kappa shape index (κ1) is 12.7. The molecular weight excluding hydrogens is 274 g/mol. The summed E-state index contributed by atoms with van der Waals surface area (Å²) in [4.78, 5) is 11.2. The first-order chi connectivity index (χ1) is 8.66. The predicted octanol–water partition coefficient (Wildman–Crippen LogP) is 4.33. The van der Waals surface area contributed by atoms with Gasteiger partial charge < -0.3 is 4.18 Å². The van der Waals surface area contributed by atoms with Crippen LogP contribution in [-0.2, 0) is 0 Å². The van der Waals surface area contributed by atoms with Crippen molar-refractivity contribution in [3.8, 4) is 5.75 Å². The number of hydrogen-bond donors (Lipinski definition) is 0. The molecule has 0 heterocycles. The maximum atomic E-state index is 10.8. The SMILES string of the molecule is O=[N+]([O-])c1cc(Cl)ccc1OSc1ccccc1.